The van der Waals surface area contributed by atoms with Gasteiger partial charge < -0.3 is 4.90 Å². The second-order valence-corrected chi connectivity index (χ2v) is 7.18. The van der Waals surface area contributed by atoms with Crippen LogP contribution in [0.4, 0.5) is 5.69 Å². The fourth-order valence-corrected chi connectivity index (χ4v) is 3.30. The summed E-state index contributed by atoms with van der Waals surface area (Å²) < 4.78 is 0. The molecule has 25 heavy (non-hydrogen) atoms. The van der Waals surface area contributed by atoms with Crippen molar-refractivity contribution >= 4 is 5.69 Å². The Labute approximate surface area is 157 Å². The van der Waals surface area contributed by atoms with E-state index < -0.39 is 0 Å². The summed E-state index contributed by atoms with van der Waals surface area (Å²) in [5.74, 6) is 0. The average molecular weight is 344 g/mol. The van der Waals surface area contributed by atoms with E-state index in [-0.39, 0.29) is 0 Å². The average Bonchev–Trinajstić information content (AvgIpc) is 2.66. The van der Waals surface area contributed by atoms with Gasteiger partial charge in [-0.05, 0) is 31.9 Å². The molecular formula is C24H41N. The Bertz CT molecular complexity index is 409. The number of nitrogens with zero attached hydrogens (tertiary/aromatic N) is 1. The first kappa shape index (κ1) is 21.8. The number of hydrogen-bond acceptors (Lipinski definition) is 1. The van der Waals surface area contributed by atoms with Gasteiger partial charge in [-0.15, -0.1) is 0 Å². The molecule has 0 aromatic heterocycles. The van der Waals surface area contributed by atoms with E-state index in [0.717, 1.165) is 6.54 Å². The van der Waals surface area contributed by atoms with Gasteiger partial charge >= 0.3 is 0 Å². The molecular weight excluding hydrogens is 302 g/mol. The van der Waals surface area contributed by atoms with Crippen molar-refractivity contribution < 1.29 is 0 Å². The fraction of sp³-hybridized carbons (Fsp3) is 0.667. The van der Waals surface area contributed by atoms with Crippen molar-refractivity contribution in [2.75, 3.05) is 11.4 Å². The Kier molecular flexibility index (Phi) is 14.2. The molecule has 0 aliphatic carbocycles. The summed E-state index contributed by atoms with van der Waals surface area (Å²) >= 11 is 0. The van der Waals surface area contributed by atoms with Gasteiger partial charge in [0.25, 0.3) is 0 Å². The quantitative estimate of drug-likeness (QED) is 0.274. The zero-order valence-electron chi connectivity index (χ0n) is 16.9. The highest BCUT2D eigenvalue weighted by Gasteiger charge is 1.98. The molecule has 0 aliphatic rings. The lowest BCUT2D eigenvalue weighted by molar-refractivity contribution is 0.545. The summed E-state index contributed by atoms with van der Waals surface area (Å²) in [7, 11) is 0. The van der Waals surface area contributed by atoms with Crippen LogP contribution in [0.3, 0.4) is 0 Å². The lowest BCUT2D eigenvalue weighted by Gasteiger charge is -2.18. The first-order valence-electron chi connectivity index (χ1n) is 10.9. The Hall–Kier alpha value is -1.24. The third-order valence-corrected chi connectivity index (χ3v) is 4.94. The first-order chi connectivity index (χ1) is 12.4. The normalized spacial score (nSPS) is 11.3. The third-order valence-electron chi connectivity index (χ3n) is 4.94. The number of para-hydroxylation sites is 1. The van der Waals surface area contributed by atoms with E-state index in [1.165, 1.54) is 89.2 Å². The lowest BCUT2D eigenvalue weighted by atomic mass is 10.0. The van der Waals surface area contributed by atoms with Crippen molar-refractivity contribution in [2.45, 2.75) is 97.3 Å². The molecule has 0 unspecified atom stereocenters. The van der Waals surface area contributed by atoms with E-state index in [1.807, 2.05) is 0 Å². The maximum absolute atomic E-state index is 2.34. The van der Waals surface area contributed by atoms with Crippen molar-refractivity contribution in [1.29, 1.82) is 0 Å². The predicted molar refractivity (Wildman–Crippen MR) is 114 cm³/mol. The maximum atomic E-state index is 2.34. The van der Waals surface area contributed by atoms with Crippen LogP contribution in [0.15, 0.2) is 42.6 Å². The number of rotatable bonds is 16. The summed E-state index contributed by atoms with van der Waals surface area (Å²) in [5.41, 5.74) is 1.29. The van der Waals surface area contributed by atoms with Gasteiger partial charge in [-0.2, -0.15) is 0 Å². The van der Waals surface area contributed by atoms with Gasteiger partial charge in [0.1, 0.15) is 0 Å². The Morgan fingerprint density at radius 2 is 1.20 bits per heavy atom. The molecule has 0 atom stereocenters. The zero-order valence-corrected chi connectivity index (χ0v) is 16.9. The minimum Gasteiger partial charge on any atom is -0.349 e. The molecule has 1 aromatic rings. The molecule has 0 fully saturated rings. The molecule has 1 heteroatoms. The summed E-state index contributed by atoms with van der Waals surface area (Å²) in [6, 6.07) is 10.6. The summed E-state index contributed by atoms with van der Waals surface area (Å²) in [6.07, 6.45) is 22.9. The molecule has 0 amide bonds. The van der Waals surface area contributed by atoms with Gasteiger partial charge in [0, 0.05) is 18.4 Å². The standard InChI is InChI=1S/C24H41N/c1-3-5-6-7-8-9-10-11-12-13-14-15-16-20-23-25(4-2)24-21-18-17-19-22-24/h17-23H,3-16H2,1-2H3/b23-20+. The van der Waals surface area contributed by atoms with Crippen LogP contribution in [0.1, 0.15) is 97.3 Å². The highest BCUT2D eigenvalue weighted by molar-refractivity contribution is 5.48. The molecule has 0 aliphatic heterocycles. The summed E-state index contributed by atoms with van der Waals surface area (Å²) in [5, 5.41) is 0. The molecule has 1 aromatic carbocycles. The van der Waals surface area contributed by atoms with E-state index in [9.17, 15) is 0 Å². The van der Waals surface area contributed by atoms with Gasteiger partial charge in [-0.3, -0.25) is 0 Å². The Morgan fingerprint density at radius 3 is 1.72 bits per heavy atom. The van der Waals surface area contributed by atoms with Crippen LogP contribution in [0.25, 0.3) is 0 Å². The van der Waals surface area contributed by atoms with Gasteiger partial charge in [-0.25, -0.2) is 0 Å². The monoisotopic (exact) mass is 343 g/mol. The largest absolute Gasteiger partial charge is 0.349 e. The molecule has 0 bridgehead atoms. The molecule has 0 spiro atoms. The second kappa shape index (κ2) is 16.2. The number of allylic oxidation sites excluding steroid dienone is 1. The van der Waals surface area contributed by atoms with Crippen molar-refractivity contribution in [3.63, 3.8) is 0 Å². The van der Waals surface area contributed by atoms with Gasteiger partial charge in [-0.1, -0.05) is 102 Å². The topological polar surface area (TPSA) is 3.24 Å². The second-order valence-electron chi connectivity index (χ2n) is 7.18. The highest BCUT2D eigenvalue weighted by Crippen LogP contribution is 2.15. The summed E-state index contributed by atoms with van der Waals surface area (Å²) in [6.45, 7) is 5.53. The minimum absolute atomic E-state index is 1.03. The fourth-order valence-electron chi connectivity index (χ4n) is 3.30. The van der Waals surface area contributed by atoms with Crippen molar-refractivity contribution in [3.8, 4) is 0 Å². The molecule has 1 nitrogen and oxygen atoms in total. The van der Waals surface area contributed by atoms with Crippen LogP contribution in [0, 0.1) is 0 Å². The molecule has 142 valence electrons. The van der Waals surface area contributed by atoms with Crippen LogP contribution in [-0.4, -0.2) is 6.54 Å². The van der Waals surface area contributed by atoms with Crippen LogP contribution < -0.4 is 4.90 Å². The van der Waals surface area contributed by atoms with E-state index >= 15 is 0 Å². The predicted octanol–water partition coefficient (Wildman–Crippen LogP) is 8.12. The van der Waals surface area contributed by atoms with Gasteiger partial charge in [0.05, 0.1) is 0 Å². The smallest absolute Gasteiger partial charge is 0.0405 e. The Morgan fingerprint density at radius 1 is 0.680 bits per heavy atom. The zero-order chi connectivity index (χ0) is 18.0. The van der Waals surface area contributed by atoms with Crippen LogP contribution in [0.5, 0.6) is 0 Å². The Balaban J connectivity index is 1.93. The van der Waals surface area contributed by atoms with Gasteiger partial charge in [0.15, 0.2) is 0 Å². The molecule has 0 N–H and O–H groups in total. The van der Waals surface area contributed by atoms with E-state index in [4.69, 9.17) is 0 Å². The maximum Gasteiger partial charge on any atom is 0.0405 e. The lowest BCUT2D eigenvalue weighted by Crippen LogP contribution is -2.14. The van der Waals surface area contributed by atoms with Crippen LogP contribution in [0.2, 0.25) is 0 Å². The van der Waals surface area contributed by atoms with E-state index in [0.29, 0.717) is 0 Å². The minimum atomic E-state index is 1.03. The van der Waals surface area contributed by atoms with E-state index in [2.05, 4.69) is 61.4 Å². The third kappa shape index (κ3) is 11.9. The number of unbranched alkanes of at least 4 members (excludes halogenated alkanes) is 12. The number of anilines is 1. The SMILES string of the molecule is CCCCCCCCCCCCCC/C=C/N(CC)c1ccccc1. The van der Waals surface area contributed by atoms with Crippen LogP contribution >= 0.6 is 0 Å². The molecule has 1 rings (SSSR count). The number of benzene rings is 1. The highest BCUT2D eigenvalue weighted by atomic mass is 15.1. The van der Waals surface area contributed by atoms with Crippen LogP contribution in [-0.2, 0) is 0 Å². The van der Waals surface area contributed by atoms with Crippen molar-refractivity contribution in [3.05, 3.63) is 42.6 Å². The first-order valence-corrected chi connectivity index (χ1v) is 10.9. The molecule has 0 heterocycles. The molecule has 0 saturated heterocycles. The molecule has 0 saturated carbocycles. The van der Waals surface area contributed by atoms with Crippen molar-refractivity contribution in [2.24, 2.45) is 0 Å². The summed E-state index contributed by atoms with van der Waals surface area (Å²) in [4.78, 5) is 2.32. The molecule has 0 radical (unpaired) electrons. The van der Waals surface area contributed by atoms with Gasteiger partial charge in [0.2, 0.25) is 0 Å². The number of hydrogen-bond donors (Lipinski definition) is 0. The van der Waals surface area contributed by atoms with Crippen molar-refractivity contribution in [1.82, 2.24) is 0 Å². The van der Waals surface area contributed by atoms with E-state index in [1.54, 1.807) is 0 Å².